The Morgan fingerprint density at radius 3 is 2.51 bits per heavy atom. The van der Waals surface area contributed by atoms with Crippen molar-refractivity contribution in [2.75, 3.05) is 12.5 Å². The molecule has 0 aliphatic heterocycles. The number of hydrogen-bond donors (Lipinski definition) is 1. The van der Waals surface area contributed by atoms with E-state index in [9.17, 15) is 13.7 Å². The number of nitriles is 1. The Morgan fingerprint density at radius 2 is 1.87 bits per heavy atom. The average Bonchev–Trinajstić information content (AvgIpc) is 3.43. The van der Waals surface area contributed by atoms with Gasteiger partial charge in [-0.25, -0.2) is 28.2 Å². The average molecular weight is 587 g/mol. The Kier molecular flexibility index (Phi) is 8.42. The molecule has 39 heavy (non-hydrogen) atoms. The van der Waals surface area contributed by atoms with Gasteiger partial charge in [0, 0.05) is 11.6 Å². The number of primary sulfonamides is 1. The topological polar surface area (TPSA) is 146 Å². The third-order valence-corrected chi connectivity index (χ3v) is 7.27. The zero-order valence-corrected chi connectivity index (χ0v) is 23.3. The van der Waals surface area contributed by atoms with E-state index in [4.69, 9.17) is 37.8 Å². The van der Waals surface area contributed by atoms with Crippen LogP contribution in [0, 0.1) is 11.3 Å². The summed E-state index contributed by atoms with van der Waals surface area (Å²) in [5.41, 5.74) is 2.27. The molecule has 13 heteroatoms. The van der Waals surface area contributed by atoms with Crippen LogP contribution in [0.1, 0.15) is 36.2 Å². The second-order valence-corrected chi connectivity index (χ2v) is 11.3. The minimum Gasteiger partial charge on any atom is -0.489 e. The van der Waals surface area contributed by atoms with Gasteiger partial charge in [-0.05, 0) is 41.5 Å². The van der Waals surface area contributed by atoms with E-state index in [0.717, 1.165) is 17.3 Å². The van der Waals surface area contributed by atoms with E-state index in [2.05, 4.69) is 21.1 Å². The quantitative estimate of drug-likeness (QED) is 0.270. The Bertz CT molecular complexity index is 1630. The van der Waals surface area contributed by atoms with Crippen LogP contribution < -0.4 is 14.6 Å². The van der Waals surface area contributed by atoms with Crippen LogP contribution in [0.5, 0.6) is 11.5 Å². The summed E-state index contributed by atoms with van der Waals surface area (Å²) in [7, 11) is -3.88. The molecule has 0 radical (unpaired) electrons. The van der Waals surface area contributed by atoms with Crippen LogP contribution in [0.25, 0.3) is 5.95 Å². The van der Waals surface area contributed by atoms with Crippen LogP contribution in [0.3, 0.4) is 0 Å². The number of rotatable bonds is 10. The Labute approximate surface area is 236 Å². The van der Waals surface area contributed by atoms with Gasteiger partial charge >= 0.3 is 0 Å². The van der Waals surface area contributed by atoms with E-state index < -0.39 is 15.4 Å². The number of halogens is 2. The third kappa shape index (κ3) is 6.49. The molecule has 2 N–H and O–H groups in total. The van der Waals surface area contributed by atoms with Gasteiger partial charge in [-0.1, -0.05) is 37.6 Å². The van der Waals surface area contributed by atoms with E-state index in [1.54, 1.807) is 18.2 Å². The normalized spacial score (nSPS) is 11.7. The molecule has 10 nitrogen and oxygen atoms in total. The molecule has 4 aromatic rings. The molecular weight excluding hydrogens is 563 g/mol. The SMILES string of the molecule is CC(C)(c1ccc(OCc2ccnc(-n3cc(S(N)(=O)=O)cn3)n2)cc1)c1cc(Cl)c(OCCCl)c(C#N)c1. The van der Waals surface area contributed by atoms with Crippen LogP contribution in [0.4, 0.5) is 0 Å². The zero-order valence-electron chi connectivity index (χ0n) is 21.0. The largest absolute Gasteiger partial charge is 0.489 e. The van der Waals surface area contributed by atoms with Crippen LogP contribution in [-0.4, -0.2) is 40.7 Å². The van der Waals surface area contributed by atoms with E-state index in [1.165, 1.54) is 17.1 Å². The minimum atomic E-state index is -3.88. The Hall–Kier alpha value is -3.69. The molecule has 0 unspecified atom stereocenters. The maximum atomic E-state index is 11.5. The molecule has 0 aliphatic rings. The molecule has 0 bridgehead atoms. The van der Waals surface area contributed by atoms with E-state index in [1.807, 2.05) is 38.1 Å². The van der Waals surface area contributed by atoms with Gasteiger partial charge in [0.25, 0.3) is 5.95 Å². The summed E-state index contributed by atoms with van der Waals surface area (Å²) in [6, 6.07) is 15.0. The minimum absolute atomic E-state index is 0.141. The van der Waals surface area contributed by atoms with Crippen molar-refractivity contribution in [1.29, 1.82) is 5.26 Å². The standard InChI is InChI=1S/C26H24Cl2N6O4S/c1-26(2,19-11-17(13-29)24(23(28)12-19)37-10-8-27)18-3-5-21(6-4-18)38-16-20-7-9-31-25(33-20)34-15-22(14-32-34)39(30,35)36/h3-7,9,11-12,14-15H,8,10,16H2,1-2H3,(H2,30,35,36). The first-order chi connectivity index (χ1) is 18.5. The van der Waals surface area contributed by atoms with E-state index >= 15 is 0 Å². The van der Waals surface area contributed by atoms with Crippen molar-refractivity contribution in [3.63, 3.8) is 0 Å². The van der Waals surface area contributed by atoms with Gasteiger partial charge in [0.15, 0.2) is 5.75 Å². The number of nitrogens with zero attached hydrogens (tertiary/aromatic N) is 5. The van der Waals surface area contributed by atoms with Crippen molar-refractivity contribution in [2.24, 2.45) is 5.14 Å². The van der Waals surface area contributed by atoms with Crippen molar-refractivity contribution < 1.29 is 17.9 Å². The first-order valence-electron chi connectivity index (χ1n) is 11.6. The van der Waals surface area contributed by atoms with Gasteiger partial charge in [-0.3, -0.25) is 0 Å². The molecule has 2 heterocycles. The lowest BCUT2D eigenvalue weighted by Gasteiger charge is -2.27. The van der Waals surface area contributed by atoms with Crippen LogP contribution in [0.15, 0.2) is 66.0 Å². The van der Waals surface area contributed by atoms with Crippen molar-refractivity contribution in [1.82, 2.24) is 19.7 Å². The van der Waals surface area contributed by atoms with Crippen molar-refractivity contribution >= 4 is 33.2 Å². The third-order valence-electron chi connectivity index (χ3n) is 5.96. The van der Waals surface area contributed by atoms with E-state index in [0.29, 0.717) is 27.8 Å². The number of alkyl halides is 1. The number of benzene rings is 2. The van der Waals surface area contributed by atoms with Crippen LogP contribution in [-0.2, 0) is 22.0 Å². The fourth-order valence-corrected chi connectivity index (χ4v) is 4.55. The number of nitrogens with two attached hydrogens (primary N) is 1. The maximum absolute atomic E-state index is 11.5. The molecule has 0 atom stereocenters. The maximum Gasteiger partial charge on any atom is 0.250 e. The van der Waals surface area contributed by atoms with Gasteiger partial charge in [0.05, 0.1) is 34.6 Å². The van der Waals surface area contributed by atoms with Gasteiger partial charge in [-0.15, -0.1) is 11.6 Å². The van der Waals surface area contributed by atoms with Gasteiger partial charge in [-0.2, -0.15) is 10.4 Å². The highest BCUT2D eigenvalue weighted by Crippen LogP contribution is 2.38. The predicted molar refractivity (Wildman–Crippen MR) is 146 cm³/mol. The first kappa shape index (κ1) is 28.3. The lowest BCUT2D eigenvalue weighted by molar-refractivity contribution is 0.300. The number of aromatic nitrogens is 4. The van der Waals surface area contributed by atoms with Crippen molar-refractivity contribution in [3.05, 3.63) is 88.5 Å². The smallest absolute Gasteiger partial charge is 0.250 e. The molecule has 0 saturated carbocycles. The molecule has 2 aromatic carbocycles. The second kappa shape index (κ2) is 11.6. The van der Waals surface area contributed by atoms with Gasteiger partial charge < -0.3 is 9.47 Å². The molecule has 202 valence electrons. The molecule has 2 aromatic heterocycles. The lowest BCUT2D eigenvalue weighted by atomic mass is 9.77. The fraction of sp³-hybridized carbons (Fsp3) is 0.231. The summed E-state index contributed by atoms with van der Waals surface area (Å²) < 4.78 is 35.7. The van der Waals surface area contributed by atoms with Crippen LogP contribution >= 0.6 is 23.2 Å². The van der Waals surface area contributed by atoms with E-state index in [-0.39, 0.29) is 29.9 Å². The molecule has 0 amide bonds. The molecule has 4 rings (SSSR count). The van der Waals surface area contributed by atoms with Gasteiger partial charge in [0.2, 0.25) is 10.0 Å². The molecule has 0 aliphatic carbocycles. The summed E-state index contributed by atoms with van der Waals surface area (Å²) in [6.45, 7) is 4.47. The summed E-state index contributed by atoms with van der Waals surface area (Å²) in [5, 5.41) is 19.1. The second-order valence-electron chi connectivity index (χ2n) is 8.94. The summed E-state index contributed by atoms with van der Waals surface area (Å²) >= 11 is 12.2. The van der Waals surface area contributed by atoms with Gasteiger partial charge in [0.1, 0.15) is 29.9 Å². The predicted octanol–water partition coefficient (Wildman–Crippen LogP) is 4.36. The van der Waals surface area contributed by atoms with Crippen LogP contribution in [0.2, 0.25) is 5.02 Å². The monoisotopic (exact) mass is 586 g/mol. The number of hydrogen-bond acceptors (Lipinski definition) is 8. The molecule has 0 fully saturated rings. The Balaban J connectivity index is 1.48. The molecular formula is C26H24Cl2N6O4S. The molecule has 0 spiro atoms. The zero-order chi connectivity index (χ0) is 28.2. The Morgan fingerprint density at radius 1 is 1.13 bits per heavy atom. The summed E-state index contributed by atoms with van der Waals surface area (Å²) in [6.07, 6.45) is 3.89. The van der Waals surface area contributed by atoms with Crippen molar-refractivity contribution in [3.8, 4) is 23.5 Å². The highest BCUT2D eigenvalue weighted by atomic mass is 35.5. The summed E-state index contributed by atoms with van der Waals surface area (Å²) in [5.74, 6) is 1.41. The molecule has 0 saturated heterocycles. The number of ether oxygens (including phenoxy) is 2. The first-order valence-corrected chi connectivity index (χ1v) is 14.0. The fourth-order valence-electron chi connectivity index (χ4n) is 3.75. The summed E-state index contributed by atoms with van der Waals surface area (Å²) in [4.78, 5) is 8.35. The van der Waals surface area contributed by atoms with Crippen molar-refractivity contribution in [2.45, 2.75) is 30.8 Å². The highest BCUT2D eigenvalue weighted by Gasteiger charge is 2.26. The highest BCUT2D eigenvalue weighted by molar-refractivity contribution is 7.89. The lowest BCUT2D eigenvalue weighted by Crippen LogP contribution is -2.19. The number of sulfonamides is 1.